The molecule has 1 aliphatic heterocycles. The van der Waals surface area contributed by atoms with Crippen LogP contribution in [0.5, 0.6) is 0 Å². The lowest BCUT2D eigenvalue weighted by Crippen LogP contribution is -2.40. The number of nitrogens with two attached hydrogens (primary N) is 1. The molecular weight excluding hydrogens is 232 g/mol. The van der Waals surface area contributed by atoms with Crippen molar-refractivity contribution < 1.29 is 9.59 Å². The average molecular weight is 244 g/mol. The van der Waals surface area contributed by atoms with E-state index < -0.39 is 0 Å². The highest BCUT2D eigenvalue weighted by Gasteiger charge is 2.29. The third-order valence-corrected chi connectivity index (χ3v) is 3.13. The summed E-state index contributed by atoms with van der Waals surface area (Å²) >= 11 is 0. The van der Waals surface area contributed by atoms with Gasteiger partial charge in [0.1, 0.15) is 5.82 Å². The molecule has 1 fully saturated rings. The standard InChI is InChI=1S/C12H12N4O2/c13-10-6-7-2-1-3-9(16(7)15-10)8-4-5-11(17)14-12(8)18/h1-3,6,8H,4-5H2,(H2,13,15)(H,14,17,18). The van der Waals surface area contributed by atoms with Crippen LogP contribution >= 0.6 is 0 Å². The number of hydrogen-bond donors (Lipinski definition) is 2. The zero-order valence-electron chi connectivity index (χ0n) is 9.59. The number of fused-ring (bicyclic) bond motifs is 1. The highest BCUT2D eigenvalue weighted by atomic mass is 16.2. The molecule has 3 heterocycles. The number of hydrogen-bond acceptors (Lipinski definition) is 4. The molecule has 3 N–H and O–H groups in total. The van der Waals surface area contributed by atoms with Gasteiger partial charge >= 0.3 is 0 Å². The predicted molar refractivity (Wildman–Crippen MR) is 64.7 cm³/mol. The number of carbonyl (C=O) groups excluding carboxylic acids is 2. The lowest BCUT2D eigenvalue weighted by molar-refractivity contribution is -0.134. The van der Waals surface area contributed by atoms with Crippen LogP contribution in [0, 0.1) is 0 Å². The van der Waals surface area contributed by atoms with E-state index in [0.29, 0.717) is 18.7 Å². The molecule has 1 atom stereocenters. The van der Waals surface area contributed by atoms with Crippen LogP contribution in [0.3, 0.4) is 0 Å². The number of nitrogens with zero attached hydrogens (tertiary/aromatic N) is 2. The van der Waals surface area contributed by atoms with Gasteiger partial charge in [-0.05, 0) is 18.6 Å². The second-order valence-corrected chi connectivity index (χ2v) is 4.36. The van der Waals surface area contributed by atoms with E-state index in [4.69, 9.17) is 5.73 Å². The maximum Gasteiger partial charge on any atom is 0.235 e. The zero-order valence-corrected chi connectivity index (χ0v) is 9.59. The van der Waals surface area contributed by atoms with Crippen molar-refractivity contribution in [2.24, 2.45) is 0 Å². The number of aromatic nitrogens is 2. The van der Waals surface area contributed by atoms with Crippen LogP contribution in [-0.4, -0.2) is 21.4 Å². The van der Waals surface area contributed by atoms with Gasteiger partial charge < -0.3 is 5.73 Å². The topological polar surface area (TPSA) is 89.5 Å². The summed E-state index contributed by atoms with van der Waals surface area (Å²) in [6.07, 6.45) is 0.854. The van der Waals surface area contributed by atoms with E-state index in [1.165, 1.54) is 0 Å². The lowest BCUT2D eigenvalue weighted by atomic mass is 9.94. The largest absolute Gasteiger partial charge is 0.382 e. The molecule has 0 saturated carbocycles. The first-order valence-corrected chi connectivity index (χ1v) is 5.73. The Morgan fingerprint density at radius 2 is 2.22 bits per heavy atom. The first-order valence-electron chi connectivity index (χ1n) is 5.73. The van der Waals surface area contributed by atoms with Gasteiger partial charge in [-0.15, -0.1) is 0 Å². The van der Waals surface area contributed by atoms with E-state index >= 15 is 0 Å². The Morgan fingerprint density at radius 3 is 3.00 bits per heavy atom. The second-order valence-electron chi connectivity index (χ2n) is 4.36. The van der Waals surface area contributed by atoms with Crippen LogP contribution < -0.4 is 11.1 Å². The SMILES string of the molecule is Nc1cc2cccc(C3CCC(=O)NC3=O)n2n1. The molecule has 2 aromatic rings. The molecule has 0 spiro atoms. The van der Waals surface area contributed by atoms with Gasteiger partial charge in [-0.2, -0.15) is 5.10 Å². The molecule has 6 heteroatoms. The summed E-state index contributed by atoms with van der Waals surface area (Å²) in [6.45, 7) is 0. The number of carbonyl (C=O) groups is 2. The molecule has 2 amide bonds. The molecule has 1 aliphatic rings. The number of pyridine rings is 1. The van der Waals surface area contributed by atoms with Crippen LogP contribution in [0.2, 0.25) is 0 Å². The normalized spacial score (nSPS) is 20.1. The molecule has 1 saturated heterocycles. The Kier molecular flexibility index (Phi) is 2.29. The molecule has 92 valence electrons. The second kappa shape index (κ2) is 3.83. The predicted octanol–water partition coefficient (Wildman–Crippen LogP) is 0.437. The van der Waals surface area contributed by atoms with E-state index in [9.17, 15) is 9.59 Å². The van der Waals surface area contributed by atoms with E-state index in [2.05, 4.69) is 10.4 Å². The third kappa shape index (κ3) is 1.62. The average Bonchev–Trinajstić information content (AvgIpc) is 2.69. The number of nitrogens with one attached hydrogen (secondary N) is 1. The van der Waals surface area contributed by atoms with Crippen molar-refractivity contribution in [2.75, 3.05) is 5.73 Å². The number of nitrogen functional groups attached to an aromatic ring is 1. The number of rotatable bonds is 1. The van der Waals surface area contributed by atoms with Gasteiger partial charge in [0, 0.05) is 12.5 Å². The molecule has 3 rings (SSSR count). The molecule has 0 aromatic carbocycles. The van der Waals surface area contributed by atoms with Gasteiger partial charge in [-0.1, -0.05) is 6.07 Å². The maximum absolute atomic E-state index is 11.9. The van der Waals surface area contributed by atoms with Gasteiger partial charge in [0.15, 0.2) is 0 Å². The number of piperidine rings is 1. The molecular formula is C12H12N4O2. The highest BCUT2D eigenvalue weighted by molar-refractivity contribution is 6.00. The van der Waals surface area contributed by atoms with Crippen molar-refractivity contribution in [3.8, 4) is 0 Å². The van der Waals surface area contributed by atoms with Crippen LogP contribution in [-0.2, 0) is 9.59 Å². The fourth-order valence-electron chi connectivity index (χ4n) is 2.30. The summed E-state index contributed by atoms with van der Waals surface area (Å²) in [5.74, 6) is -0.434. The zero-order chi connectivity index (χ0) is 12.7. The first kappa shape index (κ1) is 10.8. The Labute approximate surface area is 103 Å². The molecule has 0 radical (unpaired) electrons. The van der Waals surface area contributed by atoms with Gasteiger partial charge in [0.25, 0.3) is 0 Å². The summed E-state index contributed by atoms with van der Waals surface area (Å²) in [6, 6.07) is 7.31. The van der Waals surface area contributed by atoms with Crippen LogP contribution in [0.15, 0.2) is 24.3 Å². The minimum atomic E-state index is -0.356. The molecule has 6 nitrogen and oxygen atoms in total. The summed E-state index contributed by atoms with van der Waals surface area (Å²) in [5, 5.41) is 6.52. The van der Waals surface area contributed by atoms with Crippen molar-refractivity contribution in [1.82, 2.24) is 14.9 Å². The smallest absolute Gasteiger partial charge is 0.235 e. The quantitative estimate of drug-likeness (QED) is 0.712. The first-order chi connectivity index (χ1) is 8.65. The van der Waals surface area contributed by atoms with Gasteiger partial charge in [0.2, 0.25) is 11.8 Å². The van der Waals surface area contributed by atoms with Crippen LogP contribution in [0.4, 0.5) is 5.82 Å². The number of amides is 2. The van der Waals surface area contributed by atoms with Gasteiger partial charge in [-0.3, -0.25) is 14.9 Å². The van der Waals surface area contributed by atoms with E-state index in [1.807, 2.05) is 18.2 Å². The number of anilines is 1. The van der Waals surface area contributed by atoms with Crippen molar-refractivity contribution in [3.05, 3.63) is 30.0 Å². The van der Waals surface area contributed by atoms with Gasteiger partial charge in [0.05, 0.1) is 17.1 Å². The van der Waals surface area contributed by atoms with Crippen molar-refractivity contribution in [1.29, 1.82) is 0 Å². The maximum atomic E-state index is 11.9. The Bertz CT molecular complexity index is 647. The fourth-order valence-corrected chi connectivity index (χ4v) is 2.30. The van der Waals surface area contributed by atoms with E-state index in [-0.39, 0.29) is 17.7 Å². The van der Waals surface area contributed by atoms with Crippen molar-refractivity contribution in [3.63, 3.8) is 0 Å². The molecule has 2 aromatic heterocycles. The molecule has 1 unspecified atom stereocenters. The van der Waals surface area contributed by atoms with Crippen molar-refractivity contribution in [2.45, 2.75) is 18.8 Å². The minimum absolute atomic E-state index is 0.219. The van der Waals surface area contributed by atoms with Crippen LogP contribution in [0.25, 0.3) is 5.52 Å². The van der Waals surface area contributed by atoms with E-state index in [0.717, 1.165) is 11.2 Å². The van der Waals surface area contributed by atoms with Crippen LogP contribution in [0.1, 0.15) is 24.5 Å². The molecule has 18 heavy (non-hydrogen) atoms. The lowest BCUT2D eigenvalue weighted by Gasteiger charge is -2.21. The minimum Gasteiger partial charge on any atom is -0.382 e. The summed E-state index contributed by atoms with van der Waals surface area (Å²) in [5.41, 5.74) is 7.26. The Hall–Kier alpha value is -2.37. The Balaban J connectivity index is 2.08. The monoisotopic (exact) mass is 244 g/mol. The summed E-state index contributed by atoms with van der Waals surface area (Å²) < 4.78 is 1.66. The number of imide groups is 1. The molecule has 0 bridgehead atoms. The summed E-state index contributed by atoms with van der Waals surface area (Å²) in [4.78, 5) is 23.0. The third-order valence-electron chi connectivity index (χ3n) is 3.13. The van der Waals surface area contributed by atoms with Gasteiger partial charge in [-0.25, -0.2) is 4.52 Å². The van der Waals surface area contributed by atoms with E-state index in [1.54, 1.807) is 10.6 Å². The molecule has 0 aliphatic carbocycles. The summed E-state index contributed by atoms with van der Waals surface area (Å²) in [7, 11) is 0. The Morgan fingerprint density at radius 1 is 1.39 bits per heavy atom. The van der Waals surface area contributed by atoms with Crippen molar-refractivity contribution >= 4 is 23.1 Å². The fraction of sp³-hybridized carbons (Fsp3) is 0.250. The highest BCUT2D eigenvalue weighted by Crippen LogP contribution is 2.25.